The number of rotatable bonds is 4. The van der Waals surface area contributed by atoms with E-state index in [0.717, 1.165) is 58.3 Å². The largest absolute Gasteiger partial charge is 0.379 e. The zero-order chi connectivity index (χ0) is 18.1. The minimum Gasteiger partial charge on any atom is -0.379 e. The van der Waals surface area contributed by atoms with Crippen LogP contribution in [0, 0.1) is 5.41 Å². The zero-order valence-corrected chi connectivity index (χ0v) is 16.7. The van der Waals surface area contributed by atoms with E-state index in [4.69, 9.17) is 14.5 Å². The van der Waals surface area contributed by atoms with Crippen LogP contribution < -0.4 is 5.32 Å². The topological polar surface area (TPSA) is 49.3 Å². The first-order valence-electron chi connectivity index (χ1n) is 9.84. The zero-order valence-electron chi connectivity index (χ0n) is 16.7. The van der Waals surface area contributed by atoms with Gasteiger partial charge in [-0.2, -0.15) is 0 Å². The van der Waals surface area contributed by atoms with Crippen LogP contribution in [0.25, 0.3) is 0 Å². The summed E-state index contributed by atoms with van der Waals surface area (Å²) in [6.45, 7) is 15.8. The second kappa shape index (κ2) is 7.41. The second-order valence-electron chi connectivity index (χ2n) is 8.39. The van der Waals surface area contributed by atoms with E-state index < -0.39 is 0 Å². The van der Waals surface area contributed by atoms with Gasteiger partial charge in [0, 0.05) is 57.3 Å². The normalized spacial score (nSPS) is 36.4. The van der Waals surface area contributed by atoms with E-state index in [2.05, 4.69) is 42.8 Å². The predicted molar refractivity (Wildman–Crippen MR) is 101 cm³/mol. The number of likely N-dealkylation sites (tertiary alicyclic amines) is 1. The predicted octanol–water partition coefficient (Wildman–Crippen LogP) is 1.56. The van der Waals surface area contributed by atoms with Crippen molar-refractivity contribution < 1.29 is 9.47 Å². The summed E-state index contributed by atoms with van der Waals surface area (Å²) in [5, 5.41) is 3.75. The Morgan fingerprint density at radius 1 is 1.24 bits per heavy atom. The van der Waals surface area contributed by atoms with Crippen LogP contribution in [0.3, 0.4) is 0 Å². The Labute approximate surface area is 152 Å². The van der Waals surface area contributed by atoms with Crippen LogP contribution in [0.5, 0.6) is 0 Å². The molecule has 1 saturated carbocycles. The third-order valence-electron chi connectivity index (χ3n) is 6.91. The van der Waals surface area contributed by atoms with E-state index in [1.165, 1.54) is 6.42 Å². The van der Waals surface area contributed by atoms with Crippen molar-refractivity contribution in [3.63, 3.8) is 0 Å². The van der Waals surface area contributed by atoms with Gasteiger partial charge in [-0.25, -0.2) is 0 Å². The molecule has 1 N–H and O–H groups in total. The first-order chi connectivity index (χ1) is 11.9. The van der Waals surface area contributed by atoms with Gasteiger partial charge in [-0.1, -0.05) is 13.8 Å². The number of morpholine rings is 1. The first kappa shape index (κ1) is 18.9. The van der Waals surface area contributed by atoms with Crippen LogP contribution in [-0.2, 0) is 9.47 Å². The van der Waals surface area contributed by atoms with Gasteiger partial charge >= 0.3 is 0 Å². The lowest BCUT2D eigenvalue weighted by molar-refractivity contribution is -0.176. The summed E-state index contributed by atoms with van der Waals surface area (Å²) in [5.41, 5.74) is 0.0446. The lowest BCUT2D eigenvalue weighted by Crippen LogP contribution is -2.69. The fraction of sp³-hybridized carbons (Fsp3) is 0.947. The molecule has 2 saturated heterocycles. The van der Waals surface area contributed by atoms with E-state index in [0.29, 0.717) is 12.1 Å². The Morgan fingerprint density at radius 2 is 1.96 bits per heavy atom. The maximum absolute atomic E-state index is 5.77. The molecule has 3 atom stereocenters. The molecule has 6 nitrogen and oxygen atoms in total. The molecule has 0 spiro atoms. The molecule has 6 heteroatoms. The van der Waals surface area contributed by atoms with Crippen LogP contribution in [0.1, 0.15) is 40.5 Å². The van der Waals surface area contributed by atoms with Crippen molar-refractivity contribution in [1.29, 1.82) is 0 Å². The number of ether oxygens (including phenoxy) is 2. The fourth-order valence-electron chi connectivity index (χ4n) is 4.44. The maximum Gasteiger partial charge on any atom is 0.194 e. The van der Waals surface area contributed by atoms with E-state index in [1.807, 2.05) is 7.11 Å². The maximum atomic E-state index is 5.77. The van der Waals surface area contributed by atoms with Gasteiger partial charge in [0.1, 0.15) is 0 Å². The molecule has 0 bridgehead atoms. The van der Waals surface area contributed by atoms with Crippen molar-refractivity contribution in [2.24, 2.45) is 10.4 Å². The highest BCUT2D eigenvalue weighted by molar-refractivity contribution is 5.81. The third-order valence-corrected chi connectivity index (χ3v) is 6.91. The molecular formula is C19H36N4O2. The Balaban J connectivity index is 1.60. The van der Waals surface area contributed by atoms with Gasteiger partial charge in [0.15, 0.2) is 5.96 Å². The lowest BCUT2D eigenvalue weighted by Gasteiger charge is -2.59. The average molecular weight is 353 g/mol. The van der Waals surface area contributed by atoms with Gasteiger partial charge in [-0.3, -0.25) is 9.89 Å². The molecule has 3 unspecified atom stereocenters. The summed E-state index contributed by atoms with van der Waals surface area (Å²) < 4.78 is 11.3. The number of nitrogens with one attached hydrogen (secondary N) is 1. The minimum atomic E-state index is -0.0522. The highest BCUT2D eigenvalue weighted by atomic mass is 16.5. The Morgan fingerprint density at radius 3 is 2.56 bits per heavy atom. The first-order valence-corrected chi connectivity index (χ1v) is 9.84. The van der Waals surface area contributed by atoms with Crippen molar-refractivity contribution in [3.05, 3.63) is 0 Å². The van der Waals surface area contributed by atoms with Crippen LogP contribution in [0.15, 0.2) is 4.99 Å². The van der Waals surface area contributed by atoms with E-state index in [9.17, 15) is 0 Å². The summed E-state index contributed by atoms with van der Waals surface area (Å²) in [6, 6.07) is 1.04. The smallest absolute Gasteiger partial charge is 0.194 e. The molecule has 25 heavy (non-hydrogen) atoms. The molecule has 3 rings (SSSR count). The lowest BCUT2D eigenvalue weighted by atomic mass is 9.56. The van der Waals surface area contributed by atoms with E-state index in [1.54, 1.807) is 0 Å². The summed E-state index contributed by atoms with van der Waals surface area (Å²) in [5.74, 6) is 1.08. The molecule has 3 aliphatic rings. The number of nitrogens with zero attached hydrogens (tertiary/aromatic N) is 3. The SMILES string of the molecule is CCN=C(NC1CC(C)(OC)C1(C)C)N1CCC(N2CCOCC2)C1. The molecular weight excluding hydrogens is 316 g/mol. The molecule has 144 valence electrons. The molecule has 3 fully saturated rings. The quantitative estimate of drug-likeness (QED) is 0.615. The molecule has 0 amide bonds. The molecule has 0 radical (unpaired) electrons. The average Bonchev–Trinajstić information content (AvgIpc) is 3.11. The monoisotopic (exact) mass is 352 g/mol. The van der Waals surface area contributed by atoms with Gasteiger partial charge in [0.05, 0.1) is 18.8 Å². The van der Waals surface area contributed by atoms with E-state index >= 15 is 0 Å². The standard InChI is InChI=1S/C19H36N4O2/c1-6-20-17(21-16-13-19(4,24-5)18(16,2)3)23-8-7-15(14-23)22-9-11-25-12-10-22/h15-16H,6-14H2,1-5H3,(H,20,21). The summed E-state index contributed by atoms with van der Waals surface area (Å²) in [4.78, 5) is 9.83. The summed E-state index contributed by atoms with van der Waals surface area (Å²) >= 11 is 0. The fourth-order valence-corrected chi connectivity index (χ4v) is 4.44. The Kier molecular flexibility index (Phi) is 5.61. The van der Waals surface area contributed by atoms with Crippen LogP contribution >= 0.6 is 0 Å². The van der Waals surface area contributed by atoms with Gasteiger partial charge in [-0.05, 0) is 26.7 Å². The molecule has 0 aromatic carbocycles. The van der Waals surface area contributed by atoms with Gasteiger partial charge in [0.2, 0.25) is 0 Å². The highest BCUT2D eigenvalue weighted by Gasteiger charge is 2.58. The number of guanidine groups is 1. The number of aliphatic imine (C=N–C) groups is 1. The van der Waals surface area contributed by atoms with Crippen LogP contribution in [0.4, 0.5) is 0 Å². The van der Waals surface area contributed by atoms with Gasteiger partial charge in [0.25, 0.3) is 0 Å². The molecule has 0 aromatic heterocycles. The van der Waals surface area contributed by atoms with Crippen molar-refractivity contribution >= 4 is 5.96 Å². The third kappa shape index (κ3) is 3.53. The summed E-state index contributed by atoms with van der Waals surface area (Å²) in [7, 11) is 1.83. The number of methoxy groups -OCH3 is 1. The molecule has 2 heterocycles. The van der Waals surface area contributed by atoms with Crippen molar-refractivity contribution in [1.82, 2.24) is 15.1 Å². The second-order valence-corrected chi connectivity index (χ2v) is 8.39. The van der Waals surface area contributed by atoms with Crippen LogP contribution in [0.2, 0.25) is 0 Å². The van der Waals surface area contributed by atoms with Crippen molar-refractivity contribution in [3.8, 4) is 0 Å². The molecule has 2 aliphatic heterocycles. The summed E-state index contributed by atoms with van der Waals surface area (Å²) in [6.07, 6.45) is 2.24. The van der Waals surface area contributed by atoms with Gasteiger partial charge < -0.3 is 19.7 Å². The number of hydrogen-bond acceptors (Lipinski definition) is 4. The molecule has 0 aromatic rings. The van der Waals surface area contributed by atoms with E-state index in [-0.39, 0.29) is 11.0 Å². The minimum absolute atomic E-state index is 0.0522. The number of hydrogen-bond donors (Lipinski definition) is 1. The Hall–Kier alpha value is -0.850. The Bertz CT molecular complexity index is 490. The highest BCUT2D eigenvalue weighted by Crippen LogP contribution is 2.51. The van der Waals surface area contributed by atoms with Crippen LogP contribution in [-0.4, -0.2) is 86.5 Å². The molecule has 1 aliphatic carbocycles. The van der Waals surface area contributed by atoms with Crippen molar-refractivity contribution in [2.75, 3.05) is 53.0 Å². The van der Waals surface area contributed by atoms with Gasteiger partial charge in [-0.15, -0.1) is 0 Å². The van der Waals surface area contributed by atoms with Crippen molar-refractivity contribution in [2.45, 2.75) is 58.2 Å².